The maximum absolute atomic E-state index is 13.3. The summed E-state index contributed by atoms with van der Waals surface area (Å²) in [6.07, 6.45) is 1.29. The van der Waals surface area contributed by atoms with E-state index >= 15 is 0 Å². The van der Waals surface area contributed by atoms with Crippen molar-refractivity contribution in [1.82, 2.24) is 14.8 Å². The molecule has 1 aromatic carbocycles. The van der Waals surface area contributed by atoms with Gasteiger partial charge in [0.15, 0.2) is 0 Å². The molecule has 1 aliphatic heterocycles. The zero-order valence-corrected chi connectivity index (χ0v) is 20.3. The lowest BCUT2D eigenvalue weighted by atomic mass is 10.0. The Balaban J connectivity index is 1.99. The normalized spacial score (nSPS) is 21.6. The van der Waals surface area contributed by atoms with Crippen molar-refractivity contribution in [2.75, 3.05) is 39.2 Å². The second-order valence-electron chi connectivity index (χ2n) is 8.66. The van der Waals surface area contributed by atoms with Crippen LogP contribution in [0, 0.1) is 5.92 Å². The van der Waals surface area contributed by atoms with Gasteiger partial charge in [-0.05, 0) is 37.3 Å². The molecule has 182 valence electrons. The highest BCUT2D eigenvalue weighted by atomic mass is 16.5. The Morgan fingerprint density at radius 3 is 2.59 bits per heavy atom. The van der Waals surface area contributed by atoms with Gasteiger partial charge in [-0.25, -0.2) is 0 Å². The fourth-order valence-corrected chi connectivity index (χ4v) is 3.98. The zero-order valence-electron chi connectivity index (χ0n) is 20.3. The number of fused-ring (bicyclic) bond motifs is 1. The van der Waals surface area contributed by atoms with E-state index < -0.39 is 0 Å². The second-order valence-corrected chi connectivity index (χ2v) is 8.66. The molecule has 9 nitrogen and oxygen atoms in total. The molecule has 0 unspecified atom stereocenters. The largest absolute Gasteiger partial charge is 0.491 e. The van der Waals surface area contributed by atoms with Crippen molar-refractivity contribution in [3.05, 3.63) is 53.9 Å². The van der Waals surface area contributed by atoms with Crippen LogP contribution in [0.2, 0.25) is 0 Å². The lowest BCUT2D eigenvalue weighted by Gasteiger charge is -2.36. The lowest BCUT2D eigenvalue weighted by Crippen LogP contribution is -2.48. The van der Waals surface area contributed by atoms with Crippen LogP contribution < -0.4 is 10.1 Å². The van der Waals surface area contributed by atoms with Gasteiger partial charge in [-0.15, -0.1) is 0 Å². The number of nitrogens with one attached hydrogen (secondary N) is 1. The Hall–Kier alpha value is -3.46. The number of hydrogen-bond donors (Lipinski definition) is 1. The minimum atomic E-state index is -0.303. The van der Waals surface area contributed by atoms with E-state index in [1.807, 2.05) is 13.8 Å². The number of benzene rings is 1. The van der Waals surface area contributed by atoms with E-state index in [9.17, 15) is 14.4 Å². The third-order valence-corrected chi connectivity index (χ3v) is 5.91. The number of aromatic nitrogens is 1. The van der Waals surface area contributed by atoms with Crippen LogP contribution in [-0.4, -0.2) is 78.5 Å². The van der Waals surface area contributed by atoms with Crippen LogP contribution in [0.5, 0.6) is 5.75 Å². The maximum Gasteiger partial charge on any atom is 0.272 e. The van der Waals surface area contributed by atoms with Crippen LogP contribution in [-0.2, 0) is 9.53 Å². The highest BCUT2D eigenvalue weighted by molar-refractivity contribution is 5.99. The van der Waals surface area contributed by atoms with Crippen molar-refractivity contribution < 1.29 is 23.9 Å². The van der Waals surface area contributed by atoms with E-state index in [1.165, 1.54) is 6.92 Å². The van der Waals surface area contributed by atoms with Gasteiger partial charge in [-0.3, -0.25) is 19.4 Å². The van der Waals surface area contributed by atoms with Gasteiger partial charge in [0.25, 0.3) is 11.8 Å². The van der Waals surface area contributed by atoms with E-state index in [-0.39, 0.29) is 42.4 Å². The molecule has 0 saturated heterocycles. The first-order valence-electron chi connectivity index (χ1n) is 11.3. The summed E-state index contributed by atoms with van der Waals surface area (Å²) in [6.45, 7) is 6.21. The molecule has 0 saturated carbocycles. The number of hydrogen-bond acceptors (Lipinski definition) is 6. The predicted octanol–water partition coefficient (Wildman–Crippen LogP) is 2.69. The van der Waals surface area contributed by atoms with E-state index in [0.717, 1.165) is 0 Å². The number of rotatable bonds is 3. The number of anilines is 1. The Bertz CT molecular complexity index is 1030. The standard InChI is InChI=1S/C25H32N4O5/c1-16-13-29(25(32)21-8-6-7-11-26-21)17(2)15-34-22-10-9-19(27-18(3)30)12-20(22)24(31)28(4)14-23(16)33-5/h6-12,16-17,23H,13-15H2,1-5H3,(H,27,30)/t16-,17-,23-/m0/s1. The summed E-state index contributed by atoms with van der Waals surface area (Å²) < 4.78 is 11.8. The fourth-order valence-electron chi connectivity index (χ4n) is 3.98. The molecule has 3 amide bonds. The Kier molecular flexibility index (Phi) is 8.22. The quantitative estimate of drug-likeness (QED) is 0.743. The summed E-state index contributed by atoms with van der Waals surface area (Å²) in [5.41, 5.74) is 1.18. The molecule has 0 aliphatic carbocycles. The van der Waals surface area contributed by atoms with Gasteiger partial charge < -0.3 is 24.6 Å². The van der Waals surface area contributed by atoms with Gasteiger partial charge in [0.2, 0.25) is 5.91 Å². The molecule has 2 heterocycles. The average Bonchev–Trinajstić information content (AvgIpc) is 2.83. The van der Waals surface area contributed by atoms with Gasteiger partial charge in [-0.1, -0.05) is 13.0 Å². The summed E-state index contributed by atoms with van der Waals surface area (Å²) in [5.74, 6) is -0.363. The molecule has 34 heavy (non-hydrogen) atoms. The number of ether oxygens (including phenoxy) is 2. The number of methoxy groups -OCH3 is 1. The zero-order chi connectivity index (χ0) is 24.8. The summed E-state index contributed by atoms with van der Waals surface area (Å²) in [7, 11) is 3.30. The molecule has 0 radical (unpaired) electrons. The minimum absolute atomic E-state index is 0.0695. The van der Waals surface area contributed by atoms with Gasteiger partial charge in [0, 0.05) is 52.0 Å². The van der Waals surface area contributed by atoms with Crippen molar-refractivity contribution in [3.63, 3.8) is 0 Å². The number of nitrogens with zero attached hydrogens (tertiary/aromatic N) is 3. The van der Waals surface area contributed by atoms with Crippen molar-refractivity contribution in [1.29, 1.82) is 0 Å². The maximum atomic E-state index is 13.3. The van der Waals surface area contributed by atoms with Crippen LogP contribution in [0.4, 0.5) is 5.69 Å². The minimum Gasteiger partial charge on any atom is -0.491 e. The second kappa shape index (κ2) is 11.1. The fraction of sp³-hybridized carbons (Fsp3) is 0.440. The van der Waals surface area contributed by atoms with Crippen molar-refractivity contribution in [2.24, 2.45) is 5.92 Å². The van der Waals surface area contributed by atoms with E-state index in [0.29, 0.717) is 35.8 Å². The molecule has 3 rings (SSSR count). The summed E-state index contributed by atoms with van der Waals surface area (Å²) >= 11 is 0. The molecule has 1 aromatic heterocycles. The topological polar surface area (TPSA) is 101 Å². The molecular weight excluding hydrogens is 436 g/mol. The van der Waals surface area contributed by atoms with Gasteiger partial charge in [0.05, 0.1) is 17.7 Å². The van der Waals surface area contributed by atoms with Gasteiger partial charge >= 0.3 is 0 Å². The van der Waals surface area contributed by atoms with E-state index in [2.05, 4.69) is 10.3 Å². The van der Waals surface area contributed by atoms with Crippen molar-refractivity contribution >= 4 is 23.4 Å². The van der Waals surface area contributed by atoms with Gasteiger partial charge in [-0.2, -0.15) is 0 Å². The Labute approximate surface area is 200 Å². The van der Waals surface area contributed by atoms with E-state index in [4.69, 9.17) is 9.47 Å². The molecule has 0 bridgehead atoms. The average molecular weight is 469 g/mol. The van der Waals surface area contributed by atoms with Crippen LogP contribution in [0.15, 0.2) is 42.6 Å². The van der Waals surface area contributed by atoms with Crippen molar-refractivity contribution in [3.8, 4) is 5.75 Å². The number of amides is 3. The SMILES string of the molecule is CO[C@H]1CN(C)C(=O)c2cc(NC(C)=O)ccc2OC[C@H](C)N(C(=O)c2ccccn2)C[C@@H]1C. The van der Waals surface area contributed by atoms with E-state index in [1.54, 1.807) is 66.6 Å². The first-order valence-corrected chi connectivity index (χ1v) is 11.3. The number of carbonyl (C=O) groups excluding carboxylic acids is 3. The highest BCUT2D eigenvalue weighted by Gasteiger charge is 2.31. The monoisotopic (exact) mass is 468 g/mol. The van der Waals surface area contributed by atoms with Crippen molar-refractivity contribution in [2.45, 2.75) is 32.9 Å². The third-order valence-electron chi connectivity index (χ3n) is 5.91. The molecule has 1 aliphatic rings. The predicted molar refractivity (Wildman–Crippen MR) is 128 cm³/mol. The summed E-state index contributed by atoms with van der Waals surface area (Å²) in [6, 6.07) is 9.88. The highest BCUT2D eigenvalue weighted by Crippen LogP contribution is 2.26. The molecule has 3 atom stereocenters. The molecule has 0 spiro atoms. The molecule has 0 fully saturated rings. The Morgan fingerprint density at radius 1 is 1.18 bits per heavy atom. The molecular formula is C25H32N4O5. The Morgan fingerprint density at radius 2 is 1.94 bits per heavy atom. The van der Waals surface area contributed by atoms with Crippen LogP contribution >= 0.6 is 0 Å². The number of pyridine rings is 1. The molecule has 9 heteroatoms. The van der Waals surface area contributed by atoms with Crippen LogP contribution in [0.25, 0.3) is 0 Å². The first kappa shape index (κ1) is 25.2. The molecule has 1 N–H and O–H groups in total. The summed E-state index contributed by atoms with van der Waals surface area (Å²) in [5, 5.41) is 2.70. The number of carbonyl (C=O) groups is 3. The lowest BCUT2D eigenvalue weighted by molar-refractivity contribution is -0.114. The smallest absolute Gasteiger partial charge is 0.272 e. The third kappa shape index (κ3) is 5.91. The first-order chi connectivity index (χ1) is 16.2. The molecule has 2 aromatic rings. The van der Waals surface area contributed by atoms with Crippen LogP contribution in [0.1, 0.15) is 41.6 Å². The van der Waals surface area contributed by atoms with Crippen LogP contribution in [0.3, 0.4) is 0 Å². The number of likely N-dealkylation sites (N-methyl/N-ethyl adjacent to an activating group) is 1. The van der Waals surface area contributed by atoms with Gasteiger partial charge in [0.1, 0.15) is 18.1 Å². The summed E-state index contributed by atoms with van der Waals surface area (Å²) in [4.78, 5) is 45.7.